The number of rotatable bonds is 8. The van der Waals surface area contributed by atoms with Crippen molar-refractivity contribution in [1.82, 2.24) is 9.88 Å². The summed E-state index contributed by atoms with van der Waals surface area (Å²) in [4.78, 5) is 20.6. The van der Waals surface area contributed by atoms with Gasteiger partial charge in [0.15, 0.2) is 5.58 Å². The first-order valence-corrected chi connectivity index (χ1v) is 12.9. The molecule has 0 radical (unpaired) electrons. The number of hydrogen-bond acceptors (Lipinski definition) is 6. The number of nitrogens with zero attached hydrogens (tertiary/aromatic N) is 3. The molecule has 0 amide bonds. The van der Waals surface area contributed by atoms with E-state index in [1.54, 1.807) is 24.3 Å². The van der Waals surface area contributed by atoms with Crippen LogP contribution in [0.25, 0.3) is 11.1 Å². The Hall–Kier alpha value is -2.48. The number of carboxylic acids is 1. The van der Waals surface area contributed by atoms with Gasteiger partial charge in [-0.25, -0.2) is 0 Å². The SMILES string of the molecule is O=C(O)Cc1ccc(Cl)c(OCCC2(N3CCCC3)CCN(c3nc4ccc(Cl)cc4o3)CC2)c1. The standard InChI is InChI=1S/C26H29Cl2N3O4/c27-19-4-6-21-23(17-19)35-25(29-21)30-12-7-26(8-13-30,31-10-1-2-11-31)9-14-34-22-15-18(16-24(32)33)3-5-20(22)28/h3-6,15,17H,1-2,7-14,16H2,(H,32,33). The van der Waals surface area contributed by atoms with Crippen LogP contribution in [0.3, 0.4) is 0 Å². The van der Waals surface area contributed by atoms with Gasteiger partial charge in [-0.1, -0.05) is 29.3 Å². The minimum absolute atomic E-state index is 0.0491. The Morgan fingerprint density at radius 2 is 1.86 bits per heavy atom. The van der Waals surface area contributed by atoms with E-state index in [0.29, 0.717) is 39.6 Å². The summed E-state index contributed by atoms with van der Waals surface area (Å²) >= 11 is 12.4. The molecule has 35 heavy (non-hydrogen) atoms. The number of fused-ring (bicyclic) bond motifs is 1. The van der Waals surface area contributed by atoms with Crippen molar-refractivity contribution in [3.63, 3.8) is 0 Å². The van der Waals surface area contributed by atoms with Gasteiger partial charge in [0.05, 0.1) is 18.1 Å². The highest BCUT2D eigenvalue weighted by molar-refractivity contribution is 6.32. The van der Waals surface area contributed by atoms with E-state index in [0.717, 1.165) is 51.0 Å². The summed E-state index contributed by atoms with van der Waals surface area (Å²) in [6.45, 7) is 4.44. The molecular weight excluding hydrogens is 489 g/mol. The molecule has 3 aromatic rings. The van der Waals surface area contributed by atoms with Crippen LogP contribution < -0.4 is 9.64 Å². The number of likely N-dealkylation sites (tertiary alicyclic amines) is 1. The Labute approximate surface area is 214 Å². The van der Waals surface area contributed by atoms with Crippen LogP contribution in [0.4, 0.5) is 6.01 Å². The van der Waals surface area contributed by atoms with Gasteiger partial charge in [-0.05, 0) is 75.0 Å². The number of halogens is 2. The molecule has 2 aliphatic heterocycles. The molecule has 2 aromatic carbocycles. The number of ether oxygens (including phenoxy) is 1. The van der Waals surface area contributed by atoms with Gasteiger partial charge < -0.3 is 19.2 Å². The van der Waals surface area contributed by atoms with Gasteiger partial charge >= 0.3 is 5.97 Å². The number of anilines is 1. The minimum Gasteiger partial charge on any atom is -0.492 e. The third-order valence-electron chi connectivity index (χ3n) is 7.26. The number of carbonyl (C=O) groups is 1. The largest absolute Gasteiger partial charge is 0.492 e. The number of carboxylic acid groups (broad SMARTS) is 1. The third kappa shape index (κ3) is 5.37. The average Bonchev–Trinajstić information content (AvgIpc) is 3.51. The second-order valence-corrected chi connectivity index (χ2v) is 10.3. The molecule has 3 heterocycles. The summed E-state index contributed by atoms with van der Waals surface area (Å²) in [5, 5.41) is 10.2. The molecule has 2 saturated heterocycles. The summed E-state index contributed by atoms with van der Waals surface area (Å²) < 4.78 is 12.1. The van der Waals surface area contributed by atoms with Crippen LogP contribution in [0.1, 0.15) is 37.7 Å². The molecule has 9 heteroatoms. The van der Waals surface area contributed by atoms with Gasteiger partial charge in [-0.3, -0.25) is 9.69 Å². The van der Waals surface area contributed by atoms with E-state index in [1.807, 2.05) is 12.1 Å². The summed E-state index contributed by atoms with van der Waals surface area (Å²) in [6, 6.07) is 11.3. The van der Waals surface area contributed by atoms with Gasteiger partial charge in [-0.15, -0.1) is 0 Å². The zero-order valence-electron chi connectivity index (χ0n) is 19.5. The lowest BCUT2D eigenvalue weighted by Gasteiger charge is -2.47. The van der Waals surface area contributed by atoms with Crippen LogP contribution in [0.2, 0.25) is 10.0 Å². The van der Waals surface area contributed by atoms with E-state index < -0.39 is 5.97 Å². The highest BCUT2D eigenvalue weighted by atomic mass is 35.5. The number of aliphatic carboxylic acids is 1. The first-order chi connectivity index (χ1) is 16.9. The van der Waals surface area contributed by atoms with E-state index in [4.69, 9.17) is 37.5 Å². The van der Waals surface area contributed by atoms with E-state index >= 15 is 0 Å². The van der Waals surface area contributed by atoms with E-state index in [-0.39, 0.29) is 12.0 Å². The van der Waals surface area contributed by atoms with Crippen LogP contribution in [0.5, 0.6) is 5.75 Å². The van der Waals surface area contributed by atoms with Crippen molar-refractivity contribution in [1.29, 1.82) is 0 Å². The topological polar surface area (TPSA) is 79.0 Å². The van der Waals surface area contributed by atoms with Crippen LogP contribution in [0, 0.1) is 0 Å². The number of oxazole rings is 1. The second-order valence-electron chi connectivity index (χ2n) is 9.45. The Morgan fingerprint density at radius 1 is 1.09 bits per heavy atom. The van der Waals surface area contributed by atoms with Crippen LogP contribution >= 0.6 is 23.2 Å². The first kappa shape index (κ1) is 24.2. The molecule has 0 aliphatic carbocycles. The average molecular weight is 518 g/mol. The number of hydrogen-bond donors (Lipinski definition) is 1. The van der Waals surface area contributed by atoms with Gasteiger partial charge in [-0.2, -0.15) is 4.98 Å². The Morgan fingerprint density at radius 3 is 2.60 bits per heavy atom. The summed E-state index contributed by atoms with van der Waals surface area (Å²) in [6.07, 6.45) is 5.25. The quantitative estimate of drug-likeness (QED) is 0.412. The van der Waals surface area contributed by atoms with E-state index in [1.165, 1.54) is 12.8 Å². The van der Waals surface area contributed by atoms with Crippen molar-refractivity contribution in [3.05, 3.63) is 52.0 Å². The van der Waals surface area contributed by atoms with Crippen molar-refractivity contribution in [2.75, 3.05) is 37.7 Å². The molecule has 5 rings (SSSR count). The van der Waals surface area contributed by atoms with Gasteiger partial charge in [0, 0.05) is 29.7 Å². The van der Waals surface area contributed by atoms with Gasteiger partial charge in [0.2, 0.25) is 0 Å². The zero-order valence-corrected chi connectivity index (χ0v) is 21.0. The lowest BCUT2D eigenvalue weighted by molar-refractivity contribution is -0.136. The maximum absolute atomic E-state index is 11.1. The maximum Gasteiger partial charge on any atom is 0.307 e. The fourth-order valence-electron chi connectivity index (χ4n) is 5.35. The molecule has 2 aliphatic rings. The predicted octanol–water partition coefficient (Wildman–Crippen LogP) is 5.67. The van der Waals surface area contributed by atoms with Crippen LogP contribution in [0.15, 0.2) is 40.8 Å². The van der Waals surface area contributed by atoms with E-state index in [2.05, 4.69) is 14.8 Å². The number of aromatic nitrogens is 1. The summed E-state index contributed by atoms with van der Waals surface area (Å²) in [5.41, 5.74) is 2.25. The van der Waals surface area contributed by atoms with Crippen molar-refractivity contribution in [2.24, 2.45) is 0 Å². The number of benzene rings is 2. The lowest BCUT2D eigenvalue weighted by atomic mass is 9.83. The zero-order chi connectivity index (χ0) is 24.4. The first-order valence-electron chi connectivity index (χ1n) is 12.1. The van der Waals surface area contributed by atoms with Gasteiger partial charge in [0.1, 0.15) is 11.3 Å². The fourth-order valence-corrected chi connectivity index (χ4v) is 5.68. The van der Waals surface area contributed by atoms with Crippen molar-refractivity contribution in [2.45, 2.75) is 44.1 Å². The maximum atomic E-state index is 11.1. The van der Waals surface area contributed by atoms with E-state index in [9.17, 15) is 4.79 Å². The van der Waals surface area contributed by atoms with Crippen molar-refractivity contribution < 1.29 is 19.1 Å². The molecule has 0 spiro atoms. The molecule has 2 fully saturated rings. The summed E-state index contributed by atoms with van der Waals surface area (Å²) in [5.74, 6) is -0.329. The molecule has 0 saturated carbocycles. The van der Waals surface area contributed by atoms with Crippen molar-refractivity contribution in [3.8, 4) is 5.75 Å². The molecular formula is C26H29Cl2N3O4. The van der Waals surface area contributed by atoms with Gasteiger partial charge in [0.25, 0.3) is 6.01 Å². The monoisotopic (exact) mass is 517 g/mol. The molecule has 1 N–H and O–H groups in total. The molecule has 0 atom stereocenters. The Kier molecular flexibility index (Phi) is 7.09. The number of piperidine rings is 1. The molecule has 0 bridgehead atoms. The summed E-state index contributed by atoms with van der Waals surface area (Å²) in [7, 11) is 0. The molecule has 186 valence electrons. The third-order valence-corrected chi connectivity index (χ3v) is 7.80. The molecule has 7 nitrogen and oxygen atoms in total. The van der Waals surface area contributed by atoms with Crippen LogP contribution in [-0.2, 0) is 11.2 Å². The van der Waals surface area contributed by atoms with Crippen molar-refractivity contribution >= 4 is 46.3 Å². The molecule has 0 unspecified atom stereocenters. The second kappa shape index (κ2) is 10.2. The minimum atomic E-state index is -0.875. The Bertz CT molecular complexity index is 1200. The lowest BCUT2D eigenvalue weighted by Crippen LogP contribution is -2.55. The highest BCUT2D eigenvalue weighted by Gasteiger charge is 2.41. The Balaban J connectivity index is 1.26. The smallest absolute Gasteiger partial charge is 0.307 e. The molecule has 1 aromatic heterocycles. The highest BCUT2D eigenvalue weighted by Crippen LogP contribution is 2.37. The normalized spacial score (nSPS) is 18.3. The van der Waals surface area contributed by atoms with Crippen LogP contribution in [-0.4, -0.2) is 59.3 Å². The fraction of sp³-hybridized carbons (Fsp3) is 0.462. The predicted molar refractivity (Wildman–Crippen MR) is 137 cm³/mol.